The molecule has 0 saturated carbocycles. The minimum absolute atomic E-state index is 0.171. The molecule has 2 aliphatic rings. The van der Waals surface area contributed by atoms with Crippen LogP contribution in [0.3, 0.4) is 0 Å². The molecule has 0 radical (unpaired) electrons. The van der Waals surface area contributed by atoms with E-state index in [1.807, 2.05) is 6.07 Å². The lowest BCUT2D eigenvalue weighted by Crippen LogP contribution is -2.42. The number of hydrogen-bond acceptors (Lipinski definition) is 3. The van der Waals surface area contributed by atoms with Gasteiger partial charge in [-0.1, -0.05) is 23.2 Å². The van der Waals surface area contributed by atoms with Gasteiger partial charge in [0.1, 0.15) is 5.76 Å². The van der Waals surface area contributed by atoms with E-state index in [1.165, 1.54) is 6.42 Å². The zero-order valence-corrected chi connectivity index (χ0v) is 13.8. The van der Waals surface area contributed by atoms with Crippen molar-refractivity contribution in [3.63, 3.8) is 0 Å². The molecule has 2 fully saturated rings. The molecule has 23 heavy (non-hydrogen) atoms. The second kappa shape index (κ2) is 5.86. The highest BCUT2D eigenvalue weighted by atomic mass is 35.5. The number of rotatable bonds is 3. The van der Waals surface area contributed by atoms with Crippen molar-refractivity contribution in [1.29, 1.82) is 0 Å². The Morgan fingerprint density at radius 3 is 2.74 bits per heavy atom. The first kappa shape index (κ1) is 15.1. The second-order valence-electron chi connectivity index (χ2n) is 6.16. The molecule has 2 aliphatic heterocycles. The predicted octanol–water partition coefficient (Wildman–Crippen LogP) is 3.88. The number of nitrogens with one attached hydrogen (secondary N) is 2. The van der Waals surface area contributed by atoms with Gasteiger partial charge in [-0.2, -0.15) is 0 Å². The fourth-order valence-corrected chi connectivity index (χ4v) is 3.79. The summed E-state index contributed by atoms with van der Waals surface area (Å²) in [6, 6.07) is 9.85. The van der Waals surface area contributed by atoms with E-state index < -0.39 is 0 Å². The predicted molar refractivity (Wildman–Crippen MR) is 90.0 cm³/mol. The molecule has 1 aromatic heterocycles. The van der Waals surface area contributed by atoms with E-state index >= 15 is 0 Å². The summed E-state index contributed by atoms with van der Waals surface area (Å²) in [5.74, 6) is 0.740. The van der Waals surface area contributed by atoms with Gasteiger partial charge in [0.15, 0.2) is 5.76 Å². The maximum Gasteiger partial charge on any atom is 0.287 e. The maximum absolute atomic E-state index is 12.4. The van der Waals surface area contributed by atoms with Crippen LogP contribution in [0.2, 0.25) is 10.0 Å². The highest BCUT2D eigenvalue weighted by Gasteiger charge is 2.39. The molecular formula is C17H16Cl2N2O2. The summed E-state index contributed by atoms with van der Waals surface area (Å²) < 4.78 is 5.68. The Kier molecular flexibility index (Phi) is 3.84. The van der Waals surface area contributed by atoms with Gasteiger partial charge in [0.25, 0.3) is 5.91 Å². The molecule has 2 bridgehead atoms. The highest BCUT2D eigenvalue weighted by molar-refractivity contribution is 6.42. The third-order valence-corrected chi connectivity index (χ3v) is 5.39. The normalized spacial score (nSPS) is 25.7. The zero-order chi connectivity index (χ0) is 16.0. The molecule has 3 heterocycles. The second-order valence-corrected chi connectivity index (χ2v) is 6.97. The molecule has 6 heteroatoms. The molecule has 3 atom stereocenters. The van der Waals surface area contributed by atoms with Gasteiger partial charge < -0.3 is 15.1 Å². The van der Waals surface area contributed by atoms with Crippen LogP contribution in [0, 0.1) is 0 Å². The third-order valence-electron chi connectivity index (χ3n) is 4.65. The highest BCUT2D eigenvalue weighted by Crippen LogP contribution is 2.30. The summed E-state index contributed by atoms with van der Waals surface area (Å²) in [4.78, 5) is 12.4. The first-order valence-corrected chi connectivity index (χ1v) is 8.48. The monoisotopic (exact) mass is 350 g/mol. The van der Waals surface area contributed by atoms with E-state index in [4.69, 9.17) is 27.6 Å². The molecule has 3 unspecified atom stereocenters. The van der Waals surface area contributed by atoms with E-state index in [9.17, 15) is 4.79 Å². The van der Waals surface area contributed by atoms with Gasteiger partial charge in [-0.15, -0.1) is 0 Å². The molecule has 1 aromatic carbocycles. The van der Waals surface area contributed by atoms with Crippen LogP contribution in [0.1, 0.15) is 29.8 Å². The summed E-state index contributed by atoms with van der Waals surface area (Å²) in [6.07, 6.45) is 3.33. The largest absolute Gasteiger partial charge is 0.451 e. The first-order chi connectivity index (χ1) is 11.1. The van der Waals surface area contributed by atoms with Crippen LogP contribution < -0.4 is 10.6 Å². The molecule has 0 spiro atoms. The standard InChI is InChI=1S/C17H16Cl2N2O2/c18-11-3-1-9(7-12(11)19)15-5-6-16(23-15)17(22)21-14-8-10-2-4-13(14)20-10/h1,3,5-7,10,13-14,20H,2,4,8H2,(H,21,22). The molecule has 0 aliphatic carbocycles. The molecular weight excluding hydrogens is 335 g/mol. The smallest absolute Gasteiger partial charge is 0.287 e. The lowest BCUT2D eigenvalue weighted by molar-refractivity contribution is 0.0903. The van der Waals surface area contributed by atoms with E-state index in [2.05, 4.69) is 10.6 Å². The summed E-state index contributed by atoms with van der Waals surface area (Å²) in [5.41, 5.74) is 0.792. The average molecular weight is 351 g/mol. The number of carbonyl (C=O) groups excluding carboxylic acids is 1. The van der Waals surface area contributed by atoms with Crippen molar-refractivity contribution in [2.75, 3.05) is 0 Å². The Hall–Kier alpha value is -1.49. The van der Waals surface area contributed by atoms with Crippen LogP contribution in [0.4, 0.5) is 0 Å². The number of hydrogen-bond donors (Lipinski definition) is 2. The Bertz CT molecular complexity index is 759. The number of fused-ring (bicyclic) bond motifs is 2. The molecule has 120 valence electrons. The van der Waals surface area contributed by atoms with Crippen LogP contribution >= 0.6 is 23.2 Å². The van der Waals surface area contributed by atoms with Crippen LogP contribution in [0.5, 0.6) is 0 Å². The van der Waals surface area contributed by atoms with Crippen molar-refractivity contribution in [3.8, 4) is 11.3 Å². The van der Waals surface area contributed by atoms with Gasteiger partial charge >= 0.3 is 0 Å². The van der Waals surface area contributed by atoms with Gasteiger partial charge in [0, 0.05) is 23.7 Å². The lowest BCUT2D eigenvalue weighted by atomic mass is 9.95. The molecule has 4 rings (SSSR count). The molecule has 2 N–H and O–H groups in total. The number of halogens is 2. The summed E-state index contributed by atoms with van der Waals surface area (Å²) in [6.45, 7) is 0. The fraction of sp³-hybridized carbons (Fsp3) is 0.353. The quantitative estimate of drug-likeness (QED) is 0.883. The van der Waals surface area contributed by atoms with Gasteiger partial charge in [-0.25, -0.2) is 0 Å². The first-order valence-electron chi connectivity index (χ1n) is 7.72. The Labute approximate surface area is 144 Å². The third kappa shape index (κ3) is 2.87. The van der Waals surface area contributed by atoms with Crippen LogP contribution in [-0.2, 0) is 0 Å². The minimum Gasteiger partial charge on any atom is -0.451 e. The van der Waals surface area contributed by atoms with Crippen molar-refractivity contribution in [2.45, 2.75) is 37.4 Å². The van der Waals surface area contributed by atoms with Crippen molar-refractivity contribution < 1.29 is 9.21 Å². The van der Waals surface area contributed by atoms with Gasteiger partial charge in [-0.05, 0) is 49.6 Å². The van der Waals surface area contributed by atoms with E-state index in [1.54, 1.807) is 24.3 Å². The van der Waals surface area contributed by atoms with Gasteiger partial charge in [0.05, 0.1) is 10.0 Å². The maximum atomic E-state index is 12.4. The van der Waals surface area contributed by atoms with Crippen molar-refractivity contribution >= 4 is 29.1 Å². The Morgan fingerprint density at radius 2 is 2.04 bits per heavy atom. The van der Waals surface area contributed by atoms with E-state index in [0.29, 0.717) is 33.6 Å². The fourth-order valence-electron chi connectivity index (χ4n) is 3.49. The number of furan rings is 1. The molecule has 1 amide bonds. The lowest BCUT2D eigenvalue weighted by Gasteiger charge is -2.20. The summed E-state index contributed by atoms with van der Waals surface area (Å²) in [5, 5.41) is 7.52. The molecule has 2 aromatic rings. The van der Waals surface area contributed by atoms with Crippen LogP contribution in [0.25, 0.3) is 11.3 Å². The number of amides is 1. The number of benzene rings is 1. The number of carbonyl (C=O) groups is 1. The molecule has 2 saturated heterocycles. The van der Waals surface area contributed by atoms with Crippen LogP contribution in [-0.4, -0.2) is 24.0 Å². The molecule has 4 nitrogen and oxygen atoms in total. The SMILES string of the molecule is O=C(NC1CC2CCC1N2)c1ccc(-c2ccc(Cl)c(Cl)c2)o1. The zero-order valence-electron chi connectivity index (χ0n) is 12.3. The van der Waals surface area contributed by atoms with Crippen LogP contribution in [0.15, 0.2) is 34.7 Å². The Morgan fingerprint density at radius 1 is 1.17 bits per heavy atom. The average Bonchev–Trinajstić information content (AvgIpc) is 3.25. The van der Waals surface area contributed by atoms with Gasteiger partial charge in [-0.3, -0.25) is 4.79 Å². The van der Waals surface area contributed by atoms with Crippen molar-refractivity contribution in [2.24, 2.45) is 0 Å². The van der Waals surface area contributed by atoms with Crippen molar-refractivity contribution in [3.05, 3.63) is 46.1 Å². The van der Waals surface area contributed by atoms with E-state index in [-0.39, 0.29) is 11.9 Å². The Balaban J connectivity index is 1.48. The van der Waals surface area contributed by atoms with E-state index in [0.717, 1.165) is 18.4 Å². The summed E-state index contributed by atoms with van der Waals surface area (Å²) >= 11 is 11.9. The summed E-state index contributed by atoms with van der Waals surface area (Å²) in [7, 11) is 0. The minimum atomic E-state index is -0.171. The van der Waals surface area contributed by atoms with Gasteiger partial charge in [0.2, 0.25) is 0 Å². The topological polar surface area (TPSA) is 54.3 Å². The van der Waals surface area contributed by atoms with Crippen molar-refractivity contribution in [1.82, 2.24) is 10.6 Å².